The maximum absolute atomic E-state index is 13.3. The van der Waals surface area contributed by atoms with Crippen molar-refractivity contribution in [3.63, 3.8) is 0 Å². The number of imidazole rings is 1. The van der Waals surface area contributed by atoms with Crippen molar-refractivity contribution in [3.05, 3.63) is 35.2 Å². The normalized spacial score (nSPS) is 11.0. The SMILES string of the molecule is CN(C)C(=S)SCC(CSC(=S)N(C)C)C(=O)c1c(Cl)nc2ccccn12. The van der Waals surface area contributed by atoms with E-state index in [4.69, 9.17) is 36.0 Å². The number of hydrogen-bond acceptors (Lipinski definition) is 6. The molecule has 0 spiro atoms. The first-order chi connectivity index (χ1) is 12.7. The summed E-state index contributed by atoms with van der Waals surface area (Å²) in [5.74, 6) is 0.750. The molecule has 2 aromatic rings. The summed E-state index contributed by atoms with van der Waals surface area (Å²) in [6.45, 7) is 0. The van der Waals surface area contributed by atoms with Gasteiger partial charge in [0.25, 0.3) is 0 Å². The van der Waals surface area contributed by atoms with Gasteiger partial charge in [0.05, 0.1) is 0 Å². The number of hydrogen-bond donors (Lipinski definition) is 0. The highest BCUT2D eigenvalue weighted by atomic mass is 35.5. The van der Waals surface area contributed by atoms with E-state index in [0.717, 1.165) is 8.64 Å². The highest BCUT2D eigenvalue weighted by Gasteiger charge is 2.27. The molecule has 0 amide bonds. The molecule has 2 rings (SSSR count). The first-order valence-corrected chi connectivity index (χ1v) is 11.2. The van der Waals surface area contributed by atoms with Gasteiger partial charge in [0.15, 0.2) is 10.9 Å². The lowest BCUT2D eigenvalue weighted by atomic mass is 10.1. The van der Waals surface area contributed by atoms with E-state index in [1.165, 1.54) is 23.5 Å². The third kappa shape index (κ3) is 5.80. The minimum atomic E-state index is -0.298. The number of carbonyl (C=O) groups is 1. The molecule has 2 aromatic heterocycles. The summed E-state index contributed by atoms with van der Waals surface area (Å²) in [5, 5.41) is 0.219. The molecular weight excluding hydrogens is 440 g/mol. The van der Waals surface area contributed by atoms with Crippen molar-refractivity contribution >= 4 is 79.6 Å². The molecule has 5 nitrogen and oxygen atoms in total. The quantitative estimate of drug-likeness (QED) is 0.474. The number of thioether (sulfide) groups is 2. The van der Waals surface area contributed by atoms with E-state index < -0.39 is 0 Å². The largest absolute Gasteiger partial charge is 0.364 e. The molecule has 0 saturated carbocycles. The van der Waals surface area contributed by atoms with Crippen LogP contribution in [0.4, 0.5) is 0 Å². The highest BCUT2D eigenvalue weighted by molar-refractivity contribution is 8.23. The van der Waals surface area contributed by atoms with Gasteiger partial charge in [-0.2, -0.15) is 0 Å². The minimum Gasteiger partial charge on any atom is -0.364 e. The van der Waals surface area contributed by atoms with Gasteiger partial charge in [-0.1, -0.05) is 65.6 Å². The van der Waals surface area contributed by atoms with Gasteiger partial charge in [0.1, 0.15) is 20.0 Å². The zero-order chi connectivity index (χ0) is 20.1. The van der Waals surface area contributed by atoms with Gasteiger partial charge in [0, 0.05) is 51.8 Å². The summed E-state index contributed by atoms with van der Waals surface area (Å²) >= 11 is 20.0. The fraction of sp³-hybridized carbons (Fsp3) is 0.412. The maximum Gasteiger partial charge on any atom is 0.187 e. The van der Waals surface area contributed by atoms with Crippen LogP contribution in [0.2, 0.25) is 5.15 Å². The Balaban J connectivity index is 2.27. The highest BCUT2D eigenvalue weighted by Crippen LogP contribution is 2.26. The number of aromatic nitrogens is 2. The third-order valence-corrected chi connectivity index (χ3v) is 7.70. The van der Waals surface area contributed by atoms with Crippen LogP contribution in [0, 0.1) is 5.92 Å². The van der Waals surface area contributed by atoms with Crippen LogP contribution in [-0.2, 0) is 0 Å². The molecule has 10 heteroatoms. The van der Waals surface area contributed by atoms with Crippen molar-refractivity contribution in [1.82, 2.24) is 19.2 Å². The van der Waals surface area contributed by atoms with Gasteiger partial charge < -0.3 is 9.80 Å². The van der Waals surface area contributed by atoms with Gasteiger partial charge in [-0.25, -0.2) is 4.98 Å². The van der Waals surface area contributed by atoms with Crippen molar-refractivity contribution in [2.45, 2.75) is 0 Å². The second-order valence-corrected chi connectivity index (χ2v) is 9.85. The van der Waals surface area contributed by atoms with Crippen LogP contribution in [0.15, 0.2) is 24.4 Å². The van der Waals surface area contributed by atoms with E-state index in [1.54, 1.807) is 10.6 Å². The van der Waals surface area contributed by atoms with E-state index >= 15 is 0 Å². The molecule has 0 N–H and O–H groups in total. The van der Waals surface area contributed by atoms with Crippen molar-refractivity contribution in [3.8, 4) is 0 Å². The standard InChI is InChI=1S/C17H21ClN4OS4/c1-20(2)16(24)26-9-11(10-27-17(25)21(3)4)14(23)13-15(18)19-12-7-5-6-8-22(12)13/h5-8,11H,9-10H2,1-4H3. The van der Waals surface area contributed by atoms with Crippen molar-refractivity contribution in [2.75, 3.05) is 39.7 Å². The molecule has 0 fully saturated rings. The number of halogens is 1. The van der Waals surface area contributed by atoms with Gasteiger partial charge in [0.2, 0.25) is 0 Å². The monoisotopic (exact) mass is 460 g/mol. The van der Waals surface area contributed by atoms with E-state index in [-0.39, 0.29) is 16.9 Å². The summed E-state index contributed by atoms with van der Waals surface area (Å²) in [6.07, 6.45) is 1.80. The molecule has 0 unspecified atom stereocenters. The van der Waals surface area contributed by atoms with Gasteiger partial charge >= 0.3 is 0 Å². The van der Waals surface area contributed by atoms with E-state index in [1.807, 2.05) is 56.2 Å². The first kappa shape index (κ1) is 22.4. The Morgan fingerprint density at radius 3 is 2.22 bits per heavy atom. The molecule has 0 radical (unpaired) electrons. The summed E-state index contributed by atoms with van der Waals surface area (Å²) in [7, 11) is 7.57. The zero-order valence-electron chi connectivity index (χ0n) is 15.5. The molecule has 2 heterocycles. The van der Waals surface area contributed by atoms with Crippen LogP contribution >= 0.6 is 59.6 Å². The van der Waals surface area contributed by atoms with Gasteiger partial charge in [-0.05, 0) is 12.1 Å². The Hall–Kier alpha value is -0.870. The van der Waals surface area contributed by atoms with Crippen molar-refractivity contribution in [2.24, 2.45) is 5.92 Å². The fourth-order valence-corrected chi connectivity index (χ4v) is 4.75. The molecule has 0 aliphatic rings. The average molecular weight is 461 g/mol. The maximum atomic E-state index is 13.3. The summed E-state index contributed by atoms with van der Waals surface area (Å²) < 4.78 is 3.20. The molecule has 0 saturated heterocycles. The van der Waals surface area contributed by atoms with Crippen LogP contribution in [0.25, 0.3) is 5.65 Å². The lowest BCUT2D eigenvalue weighted by Gasteiger charge is -2.19. The predicted molar refractivity (Wildman–Crippen MR) is 126 cm³/mol. The molecular formula is C17H21ClN4OS4. The second kappa shape index (κ2) is 10.1. The zero-order valence-corrected chi connectivity index (χ0v) is 19.5. The molecule has 0 bridgehead atoms. The minimum absolute atomic E-state index is 0.0539. The molecule has 0 aromatic carbocycles. The smallest absolute Gasteiger partial charge is 0.187 e. The van der Waals surface area contributed by atoms with Crippen LogP contribution in [-0.4, -0.2) is 73.3 Å². The van der Waals surface area contributed by atoms with Crippen molar-refractivity contribution in [1.29, 1.82) is 0 Å². The Labute approximate surface area is 183 Å². The van der Waals surface area contributed by atoms with Crippen LogP contribution in [0.1, 0.15) is 10.5 Å². The number of Topliss-reactive ketones (excluding diaryl/α,β-unsaturated/α-hetero) is 1. The summed E-state index contributed by atoms with van der Waals surface area (Å²) in [5.41, 5.74) is 1.06. The predicted octanol–water partition coefficient (Wildman–Crippen LogP) is 3.95. The number of fused-ring (bicyclic) bond motifs is 1. The molecule has 0 aliphatic carbocycles. The lowest BCUT2D eigenvalue weighted by Crippen LogP contribution is -2.26. The third-order valence-electron chi connectivity index (χ3n) is 3.64. The number of carbonyl (C=O) groups excluding carboxylic acids is 1. The average Bonchev–Trinajstić information content (AvgIpc) is 2.96. The number of pyridine rings is 1. The Bertz CT molecular complexity index is 829. The number of thiocarbonyl (C=S) groups is 2. The van der Waals surface area contributed by atoms with E-state index in [0.29, 0.717) is 22.8 Å². The molecule has 0 aliphatic heterocycles. The summed E-state index contributed by atoms with van der Waals surface area (Å²) in [4.78, 5) is 21.3. The van der Waals surface area contributed by atoms with Crippen LogP contribution in [0.3, 0.4) is 0 Å². The molecule has 0 atom stereocenters. The van der Waals surface area contributed by atoms with Crippen LogP contribution < -0.4 is 0 Å². The Kier molecular flexibility index (Phi) is 8.36. The van der Waals surface area contributed by atoms with E-state index in [9.17, 15) is 4.79 Å². The van der Waals surface area contributed by atoms with Gasteiger partial charge in [-0.3, -0.25) is 9.20 Å². The summed E-state index contributed by atoms with van der Waals surface area (Å²) in [6, 6.07) is 5.53. The fourth-order valence-electron chi connectivity index (χ4n) is 2.18. The Morgan fingerprint density at radius 2 is 1.70 bits per heavy atom. The number of nitrogens with zero attached hydrogens (tertiary/aromatic N) is 4. The lowest BCUT2D eigenvalue weighted by molar-refractivity contribution is 0.0939. The van der Waals surface area contributed by atoms with Crippen molar-refractivity contribution < 1.29 is 4.79 Å². The second-order valence-electron chi connectivity index (χ2n) is 6.18. The number of rotatable bonds is 6. The molecule has 146 valence electrons. The van der Waals surface area contributed by atoms with E-state index in [2.05, 4.69) is 4.98 Å². The number of ketones is 1. The Morgan fingerprint density at radius 1 is 1.15 bits per heavy atom. The van der Waals surface area contributed by atoms with Gasteiger partial charge in [-0.15, -0.1) is 0 Å². The molecule has 27 heavy (non-hydrogen) atoms. The van der Waals surface area contributed by atoms with Crippen LogP contribution in [0.5, 0.6) is 0 Å². The topological polar surface area (TPSA) is 40.8 Å². The first-order valence-electron chi connectivity index (χ1n) is 8.07.